The molecule has 2 amide bonds. The lowest BCUT2D eigenvalue weighted by Crippen LogP contribution is -2.42. The third-order valence-electron chi connectivity index (χ3n) is 6.00. The van der Waals surface area contributed by atoms with Gasteiger partial charge >= 0.3 is 0 Å². The second-order valence-electron chi connectivity index (χ2n) is 9.48. The minimum Gasteiger partial charge on any atom is -0.480 e. The average Bonchev–Trinajstić information content (AvgIpc) is 3.10. The second kappa shape index (κ2) is 7.78. The molecule has 7 heteroatoms. The number of rotatable bonds is 4. The molecule has 7 nitrogen and oxygen atoms in total. The summed E-state index contributed by atoms with van der Waals surface area (Å²) in [5.74, 6) is 1.45. The van der Waals surface area contributed by atoms with Gasteiger partial charge in [-0.3, -0.25) is 14.7 Å². The SMILES string of the molecule is CC(=O)NC1CC(c2cc(NC(=O)C3CCc4cc(C(C)(C)C)ccc4O3)n[nH]2)C1. The molecule has 160 valence electrons. The Kier molecular flexibility index (Phi) is 5.30. The monoisotopic (exact) mass is 410 g/mol. The number of carbonyl (C=O) groups excluding carboxylic acids is 2. The maximum atomic E-state index is 12.7. The van der Waals surface area contributed by atoms with E-state index in [-0.39, 0.29) is 23.3 Å². The number of nitrogens with one attached hydrogen (secondary N) is 3. The molecule has 30 heavy (non-hydrogen) atoms. The Morgan fingerprint density at radius 2 is 1.97 bits per heavy atom. The number of aryl methyl sites for hydroxylation is 1. The molecule has 2 aromatic rings. The van der Waals surface area contributed by atoms with Gasteiger partial charge in [-0.2, -0.15) is 5.10 Å². The molecule has 0 spiro atoms. The molecule has 1 fully saturated rings. The zero-order valence-electron chi connectivity index (χ0n) is 18.0. The lowest BCUT2D eigenvalue weighted by Gasteiger charge is -2.34. The highest BCUT2D eigenvalue weighted by atomic mass is 16.5. The summed E-state index contributed by atoms with van der Waals surface area (Å²) < 4.78 is 5.98. The van der Waals surface area contributed by atoms with Crippen LogP contribution in [-0.2, 0) is 21.4 Å². The normalized spacial score (nSPS) is 23.0. The lowest BCUT2D eigenvalue weighted by molar-refractivity contribution is -0.123. The first-order valence-electron chi connectivity index (χ1n) is 10.6. The van der Waals surface area contributed by atoms with Crippen molar-refractivity contribution in [1.82, 2.24) is 15.5 Å². The van der Waals surface area contributed by atoms with Crippen molar-refractivity contribution in [2.45, 2.75) is 76.9 Å². The number of benzene rings is 1. The van der Waals surface area contributed by atoms with Crippen molar-refractivity contribution in [1.29, 1.82) is 0 Å². The van der Waals surface area contributed by atoms with Crippen LogP contribution in [0, 0.1) is 0 Å². The molecule has 1 unspecified atom stereocenters. The molecule has 4 rings (SSSR count). The summed E-state index contributed by atoms with van der Waals surface area (Å²) in [6, 6.07) is 8.34. The Balaban J connectivity index is 1.33. The van der Waals surface area contributed by atoms with E-state index in [2.05, 4.69) is 53.7 Å². The fraction of sp³-hybridized carbons (Fsp3) is 0.522. The standard InChI is InChI=1S/C23H30N4O3/c1-13(28)24-17-10-15(11-17)18-12-21(27-26-18)25-22(29)20-7-5-14-9-16(23(2,3)4)6-8-19(14)30-20/h6,8-9,12,15,17,20H,5,7,10-11H2,1-4H3,(H,24,28)(H2,25,26,27,29). The molecular weight excluding hydrogens is 380 g/mol. The number of fused-ring (bicyclic) bond motifs is 1. The summed E-state index contributed by atoms with van der Waals surface area (Å²) in [6.45, 7) is 8.11. The van der Waals surface area contributed by atoms with Crippen molar-refractivity contribution in [2.24, 2.45) is 0 Å². The van der Waals surface area contributed by atoms with Gasteiger partial charge in [-0.15, -0.1) is 0 Å². The Morgan fingerprint density at radius 1 is 1.20 bits per heavy atom. The number of aromatic amines is 1. The number of hydrogen-bond donors (Lipinski definition) is 3. The van der Waals surface area contributed by atoms with Crippen LogP contribution in [0.3, 0.4) is 0 Å². The van der Waals surface area contributed by atoms with E-state index in [1.807, 2.05) is 12.1 Å². The van der Waals surface area contributed by atoms with Gasteiger partial charge < -0.3 is 15.4 Å². The number of carbonyl (C=O) groups is 2. The molecule has 1 aromatic heterocycles. The Bertz CT molecular complexity index is 954. The Morgan fingerprint density at radius 3 is 2.67 bits per heavy atom. The fourth-order valence-electron chi connectivity index (χ4n) is 4.13. The molecule has 1 atom stereocenters. The van der Waals surface area contributed by atoms with Crippen LogP contribution in [0.2, 0.25) is 0 Å². The number of H-pyrrole nitrogens is 1. The minimum atomic E-state index is -0.522. The third kappa shape index (κ3) is 4.35. The fourth-order valence-corrected chi connectivity index (χ4v) is 4.13. The smallest absolute Gasteiger partial charge is 0.266 e. The van der Waals surface area contributed by atoms with Crippen LogP contribution in [-0.4, -0.2) is 34.2 Å². The predicted molar refractivity (Wildman–Crippen MR) is 115 cm³/mol. The van der Waals surface area contributed by atoms with E-state index in [4.69, 9.17) is 4.74 Å². The molecule has 2 heterocycles. The van der Waals surface area contributed by atoms with E-state index in [1.54, 1.807) is 0 Å². The van der Waals surface area contributed by atoms with Crippen LogP contribution in [0.4, 0.5) is 5.82 Å². The van der Waals surface area contributed by atoms with Crippen molar-refractivity contribution in [2.75, 3.05) is 5.32 Å². The summed E-state index contributed by atoms with van der Waals surface area (Å²) in [4.78, 5) is 23.8. The van der Waals surface area contributed by atoms with Crippen molar-refractivity contribution in [3.05, 3.63) is 41.1 Å². The highest BCUT2D eigenvalue weighted by Crippen LogP contribution is 2.37. The first-order chi connectivity index (χ1) is 14.2. The summed E-state index contributed by atoms with van der Waals surface area (Å²) in [6.07, 6.45) is 2.70. The van der Waals surface area contributed by atoms with Gasteiger partial charge in [-0.1, -0.05) is 32.9 Å². The van der Waals surface area contributed by atoms with E-state index < -0.39 is 6.10 Å². The zero-order valence-corrected chi connectivity index (χ0v) is 18.0. The van der Waals surface area contributed by atoms with Crippen molar-refractivity contribution in [3.8, 4) is 5.75 Å². The zero-order chi connectivity index (χ0) is 21.5. The van der Waals surface area contributed by atoms with Crippen LogP contribution in [0.5, 0.6) is 5.75 Å². The molecule has 1 aliphatic heterocycles. The van der Waals surface area contributed by atoms with Gasteiger partial charge in [0.15, 0.2) is 11.9 Å². The van der Waals surface area contributed by atoms with E-state index in [1.165, 1.54) is 12.5 Å². The quantitative estimate of drug-likeness (QED) is 0.720. The van der Waals surface area contributed by atoms with Gasteiger partial charge in [0.1, 0.15) is 5.75 Å². The lowest BCUT2D eigenvalue weighted by atomic mass is 9.78. The van der Waals surface area contributed by atoms with Gasteiger partial charge in [-0.05, 0) is 48.3 Å². The summed E-state index contributed by atoms with van der Waals surface area (Å²) in [7, 11) is 0. The van der Waals surface area contributed by atoms with E-state index in [0.29, 0.717) is 18.2 Å². The molecular formula is C23H30N4O3. The molecule has 1 aromatic carbocycles. The minimum absolute atomic E-state index is 0.000279. The number of anilines is 1. The molecule has 0 bridgehead atoms. The van der Waals surface area contributed by atoms with Crippen molar-refractivity contribution < 1.29 is 14.3 Å². The first kappa shape index (κ1) is 20.4. The third-order valence-corrected chi connectivity index (χ3v) is 6.00. The van der Waals surface area contributed by atoms with Crippen LogP contribution < -0.4 is 15.4 Å². The van der Waals surface area contributed by atoms with Crippen LogP contribution in [0.15, 0.2) is 24.3 Å². The Hall–Kier alpha value is -2.83. The summed E-state index contributed by atoms with van der Waals surface area (Å²) >= 11 is 0. The van der Waals surface area contributed by atoms with Crippen LogP contribution >= 0.6 is 0 Å². The number of nitrogens with zero attached hydrogens (tertiary/aromatic N) is 1. The van der Waals surface area contributed by atoms with Gasteiger partial charge in [0.05, 0.1) is 0 Å². The second-order valence-corrected chi connectivity index (χ2v) is 9.48. The molecule has 1 aliphatic carbocycles. The Labute approximate surface area is 177 Å². The first-order valence-corrected chi connectivity index (χ1v) is 10.6. The highest BCUT2D eigenvalue weighted by molar-refractivity contribution is 5.93. The number of ether oxygens (including phenoxy) is 1. The van der Waals surface area contributed by atoms with E-state index >= 15 is 0 Å². The maximum Gasteiger partial charge on any atom is 0.266 e. The van der Waals surface area contributed by atoms with E-state index in [0.717, 1.165) is 36.3 Å². The topological polar surface area (TPSA) is 96.1 Å². The summed E-state index contributed by atoms with van der Waals surface area (Å²) in [5.41, 5.74) is 3.50. The average molecular weight is 411 g/mol. The number of hydrogen-bond acceptors (Lipinski definition) is 4. The van der Waals surface area contributed by atoms with Crippen molar-refractivity contribution in [3.63, 3.8) is 0 Å². The van der Waals surface area contributed by atoms with Crippen LogP contribution in [0.1, 0.15) is 69.7 Å². The van der Waals surface area contributed by atoms with Crippen LogP contribution in [0.25, 0.3) is 0 Å². The van der Waals surface area contributed by atoms with Gasteiger partial charge in [-0.25, -0.2) is 0 Å². The van der Waals surface area contributed by atoms with Gasteiger partial charge in [0.2, 0.25) is 5.91 Å². The molecule has 3 N–H and O–H groups in total. The molecule has 0 radical (unpaired) electrons. The molecule has 1 saturated carbocycles. The highest BCUT2D eigenvalue weighted by Gasteiger charge is 2.33. The number of amides is 2. The van der Waals surface area contributed by atoms with Gasteiger partial charge in [0, 0.05) is 30.6 Å². The maximum absolute atomic E-state index is 12.7. The van der Waals surface area contributed by atoms with Gasteiger partial charge in [0.25, 0.3) is 5.91 Å². The van der Waals surface area contributed by atoms with Crippen molar-refractivity contribution >= 4 is 17.6 Å². The molecule has 2 aliphatic rings. The largest absolute Gasteiger partial charge is 0.480 e. The predicted octanol–water partition coefficient (Wildman–Crippen LogP) is 3.42. The summed E-state index contributed by atoms with van der Waals surface area (Å²) in [5, 5.41) is 13.0. The number of aromatic nitrogens is 2. The molecule has 0 saturated heterocycles. The van der Waals surface area contributed by atoms with E-state index in [9.17, 15) is 9.59 Å².